The lowest BCUT2D eigenvalue weighted by Gasteiger charge is -2.09. The van der Waals surface area contributed by atoms with Crippen molar-refractivity contribution in [3.05, 3.63) is 23.8 Å². The van der Waals surface area contributed by atoms with Crippen LogP contribution in [-0.2, 0) is 0 Å². The van der Waals surface area contributed by atoms with Gasteiger partial charge < -0.3 is 16.2 Å². The Hall–Kier alpha value is -1.36. The van der Waals surface area contributed by atoms with Crippen LogP contribution >= 0.6 is 11.8 Å². The van der Waals surface area contributed by atoms with Crippen LogP contribution in [0.1, 0.15) is 17.3 Å². The van der Waals surface area contributed by atoms with Gasteiger partial charge in [0.1, 0.15) is 5.75 Å². The molecule has 0 heterocycles. The van der Waals surface area contributed by atoms with E-state index in [1.54, 1.807) is 23.9 Å². The summed E-state index contributed by atoms with van der Waals surface area (Å²) in [5.41, 5.74) is 11.6. The Morgan fingerprint density at radius 1 is 1.50 bits per heavy atom. The summed E-state index contributed by atoms with van der Waals surface area (Å²) >= 11 is 1.78. The van der Waals surface area contributed by atoms with Crippen molar-refractivity contribution in [2.24, 2.45) is 5.73 Å². The average Bonchev–Trinajstić information content (AvgIpc) is 2.26. The molecule has 0 aliphatic rings. The first-order valence-electron chi connectivity index (χ1n) is 5.05. The van der Waals surface area contributed by atoms with Crippen LogP contribution in [0.2, 0.25) is 0 Å². The van der Waals surface area contributed by atoms with E-state index in [1.165, 1.54) is 6.07 Å². The molecule has 0 atom stereocenters. The van der Waals surface area contributed by atoms with Gasteiger partial charge in [-0.05, 0) is 24.0 Å². The number of carbonyl (C=O) groups excluding carboxylic acids is 1. The van der Waals surface area contributed by atoms with E-state index in [0.717, 1.165) is 11.5 Å². The molecule has 4 nitrogen and oxygen atoms in total. The van der Waals surface area contributed by atoms with Gasteiger partial charge in [-0.2, -0.15) is 11.8 Å². The quantitative estimate of drug-likeness (QED) is 0.583. The van der Waals surface area contributed by atoms with E-state index in [9.17, 15) is 4.79 Å². The van der Waals surface area contributed by atoms with Crippen molar-refractivity contribution in [3.8, 4) is 5.75 Å². The summed E-state index contributed by atoms with van der Waals surface area (Å²) in [6.45, 7) is 2.64. The van der Waals surface area contributed by atoms with Crippen LogP contribution in [0.4, 0.5) is 5.69 Å². The van der Waals surface area contributed by atoms with E-state index < -0.39 is 5.91 Å². The van der Waals surface area contributed by atoms with E-state index in [1.807, 2.05) is 0 Å². The molecular formula is C11H16N2O2S. The monoisotopic (exact) mass is 240 g/mol. The van der Waals surface area contributed by atoms with Crippen LogP contribution in [0.15, 0.2) is 18.2 Å². The Morgan fingerprint density at radius 2 is 2.25 bits per heavy atom. The standard InChI is InChI=1S/C11H16N2O2S/c1-2-16-6-5-15-10-4-3-8(12)7-9(10)11(13)14/h3-4,7H,2,5-6,12H2,1H3,(H2,13,14). The maximum Gasteiger partial charge on any atom is 0.252 e. The SMILES string of the molecule is CCSCCOc1ccc(N)cc1C(N)=O. The van der Waals surface area contributed by atoms with Crippen molar-refractivity contribution in [2.75, 3.05) is 23.8 Å². The summed E-state index contributed by atoms with van der Waals surface area (Å²) in [5, 5.41) is 0. The summed E-state index contributed by atoms with van der Waals surface area (Å²) < 4.78 is 5.48. The molecule has 16 heavy (non-hydrogen) atoms. The number of primary amides is 1. The predicted octanol–water partition coefficient (Wildman–Crippen LogP) is 1.50. The molecule has 0 radical (unpaired) electrons. The lowest BCUT2D eigenvalue weighted by Crippen LogP contribution is -2.14. The highest BCUT2D eigenvalue weighted by molar-refractivity contribution is 7.99. The highest BCUT2D eigenvalue weighted by Gasteiger charge is 2.09. The maximum atomic E-state index is 11.1. The summed E-state index contributed by atoms with van der Waals surface area (Å²) in [5.74, 6) is 1.91. The molecule has 0 bridgehead atoms. The molecule has 0 fully saturated rings. The number of carbonyl (C=O) groups is 1. The smallest absolute Gasteiger partial charge is 0.252 e. The minimum absolute atomic E-state index is 0.335. The Bertz CT molecular complexity index is 369. The fourth-order valence-corrected chi connectivity index (χ4v) is 1.71. The van der Waals surface area contributed by atoms with Gasteiger partial charge in [-0.3, -0.25) is 4.79 Å². The van der Waals surface area contributed by atoms with Gasteiger partial charge in [0.15, 0.2) is 0 Å². The van der Waals surface area contributed by atoms with Gasteiger partial charge in [0, 0.05) is 11.4 Å². The average molecular weight is 240 g/mol. The number of nitrogens with two attached hydrogens (primary N) is 2. The van der Waals surface area contributed by atoms with Gasteiger partial charge in [-0.1, -0.05) is 6.92 Å². The molecule has 0 saturated heterocycles. The number of benzene rings is 1. The maximum absolute atomic E-state index is 11.1. The second-order valence-electron chi connectivity index (χ2n) is 3.17. The van der Waals surface area contributed by atoms with Crippen LogP contribution in [0.3, 0.4) is 0 Å². The van der Waals surface area contributed by atoms with Gasteiger partial charge in [-0.15, -0.1) is 0 Å². The Balaban J connectivity index is 2.67. The highest BCUT2D eigenvalue weighted by atomic mass is 32.2. The van der Waals surface area contributed by atoms with Crippen molar-refractivity contribution in [3.63, 3.8) is 0 Å². The van der Waals surface area contributed by atoms with Crippen molar-refractivity contribution < 1.29 is 9.53 Å². The number of thioether (sulfide) groups is 1. The second-order valence-corrected chi connectivity index (χ2v) is 4.56. The number of rotatable bonds is 6. The normalized spacial score (nSPS) is 10.1. The zero-order chi connectivity index (χ0) is 12.0. The van der Waals surface area contributed by atoms with E-state index in [-0.39, 0.29) is 0 Å². The predicted molar refractivity (Wildman–Crippen MR) is 67.9 cm³/mol. The summed E-state index contributed by atoms with van der Waals surface area (Å²) in [6.07, 6.45) is 0. The molecule has 4 N–H and O–H groups in total. The molecule has 5 heteroatoms. The van der Waals surface area contributed by atoms with Crippen LogP contribution in [0.5, 0.6) is 5.75 Å². The third kappa shape index (κ3) is 3.66. The number of hydrogen-bond donors (Lipinski definition) is 2. The first kappa shape index (κ1) is 12.7. The van der Waals surface area contributed by atoms with Crippen molar-refractivity contribution in [1.29, 1.82) is 0 Å². The molecule has 1 rings (SSSR count). The van der Waals surface area contributed by atoms with E-state index in [0.29, 0.717) is 23.6 Å². The van der Waals surface area contributed by atoms with Crippen LogP contribution < -0.4 is 16.2 Å². The zero-order valence-electron chi connectivity index (χ0n) is 9.23. The number of anilines is 1. The Morgan fingerprint density at radius 3 is 2.88 bits per heavy atom. The first-order valence-corrected chi connectivity index (χ1v) is 6.20. The van der Waals surface area contributed by atoms with Gasteiger partial charge in [0.25, 0.3) is 5.91 Å². The topological polar surface area (TPSA) is 78.3 Å². The number of hydrogen-bond acceptors (Lipinski definition) is 4. The number of nitrogen functional groups attached to an aromatic ring is 1. The van der Waals surface area contributed by atoms with E-state index >= 15 is 0 Å². The zero-order valence-corrected chi connectivity index (χ0v) is 10.0. The molecule has 0 saturated carbocycles. The molecular weight excluding hydrogens is 224 g/mol. The second kappa shape index (κ2) is 6.27. The fourth-order valence-electron chi connectivity index (χ4n) is 1.22. The molecule has 1 aromatic rings. The van der Waals surface area contributed by atoms with Crippen molar-refractivity contribution in [1.82, 2.24) is 0 Å². The van der Waals surface area contributed by atoms with Crippen molar-refractivity contribution in [2.45, 2.75) is 6.92 Å². The molecule has 0 spiro atoms. The Labute approximate surface area is 99.3 Å². The molecule has 0 unspecified atom stereocenters. The highest BCUT2D eigenvalue weighted by Crippen LogP contribution is 2.21. The molecule has 1 aromatic carbocycles. The molecule has 0 aliphatic heterocycles. The lowest BCUT2D eigenvalue weighted by atomic mass is 10.1. The molecule has 0 aliphatic carbocycles. The minimum Gasteiger partial charge on any atom is -0.492 e. The van der Waals surface area contributed by atoms with Gasteiger partial charge in [0.2, 0.25) is 0 Å². The molecule has 0 aromatic heterocycles. The number of ether oxygens (including phenoxy) is 1. The van der Waals surface area contributed by atoms with Crippen molar-refractivity contribution >= 4 is 23.4 Å². The lowest BCUT2D eigenvalue weighted by molar-refractivity contribution is 0.0996. The van der Waals surface area contributed by atoms with E-state index in [2.05, 4.69) is 6.92 Å². The minimum atomic E-state index is -0.523. The van der Waals surface area contributed by atoms with Crippen LogP contribution in [-0.4, -0.2) is 24.0 Å². The molecule has 1 amide bonds. The first-order chi connectivity index (χ1) is 7.65. The largest absolute Gasteiger partial charge is 0.492 e. The van der Waals surface area contributed by atoms with Gasteiger partial charge >= 0.3 is 0 Å². The summed E-state index contributed by atoms with van der Waals surface area (Å²) in [4.78, 5) is 11.1. The molecule has 88 valence electrons. The van der Waals surface area contributed by atoms with Crippen LogP contribution in [0, 0.1) is 0 Å². The van der Waals surface area contributed by atoms with E-state index in [4.69, 9.17) is 16.2 Å². The van der Waals surface area contributed by atoms with Gasteiger partial charge in [-0.25, -0.2) is 0 Å². The third-order valence-corrected chi connectivity index (χ3v) is 2.82. The third-order valence-electron chi connectivity index (χ3n) is 1.96. The fraction of sp³-hybridized carbons (Fsp3) is 0.364. The Kier molecular flexibility index (Phi) is 4.98. The van der Waals surface area contributed by atoms with Gasteiger partial charge in [0.05, 0.1) is 12.2 Å². The summed E-state index contributed by atoms with van der Waals surface area (Å²) in [6, 6.07) is 4.89. The summed E-state index contributed by atoms with van der Waals surface area (Å²) in [7, 11) is 0. The van der Waals surface area contributed by atoms with Crippen LogP contribution in [0.25, 0.3) is 0 Å². The number of amides is 1.